The lowest BCUT2D eigenvalue weighted by atomic mass is 9.97. The van der Waals surface area contributed by atoms with Crippen LogP contribution in [0.2, 0.25) is 0 Å². The Kier molecular flexibility index (Phi) is 6.33. The van der Waals surface area contributed by atoms with E-state index in [1.54, 1.807) is 14.2 Å². The fraction of sp³-hybridized carbons (Fsp3) is 0.647. The maximum atomic E-state index is 5.37. The molecule has 0 amide bonds. The Balaban J connectivity index is 1.87. The number of piperidine rings is 1. The molecule has 118 valence electrons. The first kappa shape index (κ1) is 16.1. The third-order valence-electron chi connectivity index (χ3n) is 4.26. The molecular formula is C17H28N2O2. The summed E-state index contributed by atoms with van der Waals surface area (Å²) in [6.45, 7) is 4.70. The van der Waals surface area contributed by atoms with Crippen LogP contribution in [-0.2, 0) is 6.42 Å². The molecule has 4 nitrogen and oxygen atoms in total. The van der Waals surface area contributed by atoms with Crippen LogP contribution in [0.1, 0.15) is 18.4 Å². The smallest absolute Gasteiger partial charge is 0.160 e. The highest BCUT2D eigenvalue weighted by molar-refractivity contribution is 5.42. The van der Waals surface area contributed by atoms with Crippen LogP contribution < -0.4 is 14.8 Å². The Bertz CT molecular complexity index is 435. The van der Waals surface area contributed by atoms with Crippen molar-refractivity contribution < 1.29 is 9.47 Å². The fourth-order valence-electron chi connectivity index (χ4n) is 3.13. The number of hydrogen-bond acceptors (Lipinski definition) is 4. The lowest BCUT2D eigenvalue weighted by Gasteiger charge is -2.32. The average Bonchev–Trinajstić information content (AvgIpc) is 2.53. The normalized spacial score (nSPS) is 19.5. The molecule has 4 heteroatoms. The van der Waals surface area contributed by atoms with Crippen molar-refractivity contribution in [2.45, 2.75) is 19.3 Å². The lowest BCUT2D eigenvalue weighted by molar-refractivity contribution is 0.175. The van der Waals surface area contributed by atoms with Crippen molar-refractivity contribution in [3.8, 4) is 11.5 Å². The molecule has 1 aromatic rings. The molecule has 1 N–H and O–H groups in total. The Morgan fingerprint density at radius 2 is 2.05 bits per heavy atom. The summed E-state index contributed by atoms with van der Waals surface area (Å²) in [5.41, 5.74) is 1.31. The van der Waals surface area contributed by atoms with Crippen molar-refractivity contribution in [2.75, 3.05) is 47.4 Å². The SMILES string of the molecule is CNCC1CCCN(CCc2ccc(OC)c(OC)c2)C1. The van der Waals surface area contributed by atoms with Crippen molar-refractivity contribution in [3.05, 3.63) is 23.8 Å². The van der Waals surface area contributed by atoms with Gasteiger partial charge in [-0.1, -0.05) is 6.07 Å². The zero-order valence-electron chi connectivity index (χ0n) is 13.5. The summed E-state index contributed by atoms with van der Waals surface area (Å²) >= 11 is 0. The summed E-state index contributed by atoms with van der Waals surface area (Å²) in [7, 11) is 5.41. The van der Waals surface area contributed by atoms with Crippen molar-refractivity contribution in [1.82, 2.24) is 10.2 Å². The first-order chi connectivity index (χ1) is 10.3. The van der Waals surface area contributed by atoms with Gasteiger partial charge in [-0.05, 0) is 63.0 Å². The largest absolute Gasteiger partial charge is 0.493 e. The summed E-state index contributed by atoms with van der Waals surface area (Å²) in [4.78, 5) is 2.59. The maximum absolute atomic E-state index is 5.37. The van der Waals surface area contributed by atoms with Gasteiger partial charge in [0.2, 0.25) is 0 Å². The quantitative estimate of drug-likeness (QED) is 0.835. The Hall–Kier alpha value is -1.26. The molecule has 0 bridgehead atoms. The number of methoxy groups -OCH3 is 2. The van der Waals surface area contributed by atoms with Gasteiger partial charge in [0.15, 0.2) is 11.5 Å². The monoisotopic (exact) mass is 292 g/mol. The van der Waals surface area contributed by atoms with Crippen LogP contribution in [0.5, 0.6) is 11.5 Å². The van der Waals surface area contributed by atoms with E-state index in [1.807, 2.05) is 13.1 Å². The van der Waals surface area contributed by atoms with E-state index in [0.29, 0.717) is 0 Å². The molecule has 21 heavy (non-hydrogen) atoms. The first-order valence-electron chi connectivity index (χ1n) is 7.84. The van der Waals surface area contributed by atoms with E-state index in [-0.39, 0.29) is 0 Å². The number of hydrogen-bond donors (Lipinski definition) is 1. The predicted molar refractivity (Wildman–Crippen MR) is 86.3 cm³/mol. The molecule has 1 saturated heterocycles. The molecule has 0 aliphatic carbocycles. The van der Waals surface area contributed by atoms with Crippen LogP contribution in [0.15, 0.2) is 18.2 Å². The molecular weight excluding hydrogens is 264 g/mol. The third-order valence-corrected chi connectivity index (χ3v) is 4.26. The van der Waals surface area contributed by atoms with Gasteiger partial charge in [-0.2, -0.15) is 0 Å². The molecule has 1 atom stereocenters. The molecule has 0 radical (unpaired) electrons. The van der Waals surface area contributed by atoms with E-state index in [9.17, 15) is 0 Å². The van der Waals surface area contributed by atoms with E-state index >= 15 is 0 Å². The van der Waals surface area contributed by atoms with E-state index in [4.69, 9.17) is 9.47 Å². The van der Waals surface area contributed by atoms with Crippen molar-refractivity contribution >= 4 is 0 Å². The Labute approximate surface area is 128 Å². The van der Waals surface area contributed by atoms with Crippen molar-refractivity contribution in [2.24, 2.45) is 5.92 Å². The standard InChI is InChI=1S/C17H28N2O2/c1-18-12-15-5-4-9-19(13-15)10-8-14-6-7-16(20-2)17(11-14)21-3/h6-7,11,15,18H,4-5,8-10,12-13H2,1-3H3. The van der Waals surface area contributed by atoms with Gasteiger partial charge in [0.1, 0.15) is 0 Å². The number of rotatable bonds is 7. The number of nitrogens with zero attached hydrogens (tertiary/aromatic N) is 1. The summed E-state index contributed by atoms with van der Waals surface area (Å²) in [5, 5.41) is 3.30. The molecule has 0 aromatic heterocycles. The second-order valence-electron chi connectivity index (χ2n) is 5.81. The summed E-state index contributed by atoms with van der Waals surface area (Å²) in [6.07, 6.45) is 3.73. The molecule has 0 spiro atoms. The van der Waals surface area contributed by atoms with Gasteiger partial charge in [-0.25, -0.2) is 0 Å². The van der Waals surface area contributed by atoms with Crippen molar-refractivity contribution in [3.63, 3.8) is 0 Å². The Morgan fingerprint density at radius 3 is 2.76 bits per heavy atom. The zero-order valence-corrected chi connectivity index (χ0v) is 13.5. The predicted octanol–water partition coefficient (Wildman–Crippen LogP) is 2.18. The highest BCUT2D eigenvalue weighted by Crippen LogP contribution is 2.28. The number of likely N-dealkylation sites (tertiary alicyclic amines) is 1. The molecule has 1 unspecified atom stereocenters. The third kappa shape index (κ3) is 4.61. The molecule has 1 aliphatic rings. The number of benzene rings is 1. The summed E-state index contributed by atoms with van der Waals surface area (Å²) in [5.74, 6) is 2.42. The summed E-state index contributed by atoms with van der Waals surface area (Å²) < 4.78 is 10.7. The molecule has 0 saturated carbocycles. The van der Waals surface area contributed by atoms with E-state index < -0.39 is 0 Å². The average molecular weight is 292 g/mol. The molecule has 1 heterocycles. The lowest BCUT2D eigenvalue weighted by Crippen LogP contribution is -2.39. The van der Waals surface area contributed by atoms with Crippen LogP contribution in [0.25, 0.3) is 0 Å². The second-order valence-corrected chi connectivity index (χ2v) is 5.81. The van der Waals surface area contributed by atoms with E-state index in [1.165, 1.54) is 31.5 Å². The number of nitrogens with one attached hydrogen (secondary N) is 1. The van der Waals surface area contributed by atoms with Crippen LogP contribution in [0, 0.1) is 5.92 Å². The highest BCUT2D eigenvalue weighted by Gasteiger charge is 2.18. The van der Waals surface area contributed by atoms with Gasteiger partial charge in [-0.3, -0.25) is 0 Å². The van der Waals surface area contributed by atoms with Crippen molar-refractivity contribution in [1.29, 1.82) is 0 Å². The minimum Gasteiger partial charge on any atom is -0.493 e. The first-order valence-corrected chi connectivity index (χ1v) is 7.84. The Morgan fingerprint density at radius 1 is 1.24 bits per heavy atom. The molecule has 2 rings (SSSR count). The van der Waals surface area contributed by atoms with Gasteiger partial charge in [0.05, 0.1) is 14.2 Å². The number of ether oxygens (including phenoxy) is 2. The van der Waals surface area contributed by atoms with Crippen LogP contribution in [0.4, 0.5) is 0 Å². The van der Waals surface area contributed by atoms with Gasteiger partial charge >= 0.3 is 0 Å². The van der Waals surface area contributed by atoms with E-state index in [2.05, 4.69) is 22.3 Å². The van der Waals surface area contributed by atoms with Crippen LogP contribution in [-0.4, -0.2) is 52.3 Å². The van der Waals surface area contributed by atoms with Gasteiger partial charge < -0.3 is 19.7 Å². The fourth-order valence-corrected chi connectivity index (χ4v) is 3.13. The minimum atomic E-state index is 0.799. The van der Waals surface area contributed by atoms with E-state index in [0.717, 1.165) is 36.9 Å². The van der Waals surface area contributed by atoms with Crippen LogP contribution in [0.3, 0.4) is 0 Å². The van der Waals surface area contributed by atoms with Gasteiger partial charge in [0, 0.05) is 13.1 Å². The molecule has 1 aliphatic heterocycles. The molecule has 1 fully saturated rings. The zero-order chi connectivity index (χ0) is 15.1. The maximum Gasteiger partial charge on any atom is 0.160 e. The summed E-state index contributed by atoms with van der Waals surface area (Å²) in [6, 6.07) is 6.22. The minimum absolute atomic E-state index is 0.799. The van der Waals surface area contributed by atoms with Crippen LogP contribution >= 0.6 is 0 Å². The topological polar surface area (TPSA) is 33.7 Å². The second kappa shape index (κ2) is 8.25. The van der Waals surface area contributed by atoms with Gasteiger partial charge in [-0.15, -0.1) is 0 Å². The molecule has 1 aromatic carbocycles. The highest BCUT2D eigenvalue weighted by atomic mass is 16.5. The van der Waals surface area contributed by atoms with Gasteiger partial charge in [0.25, 0.3) is 0 Å².